The minimum Gasteiger partial charge on any atom is -0.353 e. The van der Waals surface area contributed by atoms with Gasteiger partial charge in [-0.05, 0) is 36.4 Å². The molecule has 8 heteroatoms. The second kappa shape index (κ2) is 8.47. The van der Waals surface area contributed by atoms with Crippen molar-refractivity contribution in [3.8, 4) is 17.3 Å². The zero-order valence-corrected chi connectivity index (χ0v) is 17.4. The molecule has 0 radical (unpaired) electrons. The van der Waals surface area contributed by atoms with E-state index in [2.05, 4.69) is 26.0 Å². The number of aromatic nitrogens is 4. The highest BCUT2D eigenvalue weighted by Crippen LogP contribution is 2.26. The van der Waals surface area contributed by atoms with Crippen LogP contribution in [0.3, 0.4) is 0 Å². The van der Waals surface area contributed by atoms with Gasteiger partial charge in [0.1, 0.15) is 23.1 Å². The Labute approximate surface area is 185 Å². The first-order chi connectivity index (χ1) is 15.7. The molecule has 1 fully saturated rings. The van der Waals surface area contributed by atoms with Crippen molar-refractivity contribution < 1.29 is 4.79 Å². The van der Waals surface area contributed by atoms with Gasteiger partial charge in [-0.2, -0.15) is 10.4 Å². The molecule has 1 aliphatic rings. The van der Waals surface area contributed by atoms with Gasteiger partial charge in [-0.1, -0.05) is 12.1 Å². The van der Waals surface area contributed by atoms with Crippen LogP contribution in [0, 0.1) is 11.3 Å². The van der Waals surface area contributed by atoms with E-state index in [0.717, 1.165) is 35.7 Å². The number of hydrogen-bond acceptors (Lipinski definition) is 6. The number of fused-ring (bicyclic) bond motifs is 1. The summed E-state index contributed by atoms with van der Waals surface area (Å²) in [5.41, 5.74) is 3.54. The molecule has 1 saturated heterocycles. The fourth-order valence-electron chi connectivity index (χ4n) is 3.98. The maximum atomic E-state index is 12.6. The van der Waals surface area contributed by atoms with Crippen LogP contribution in [0.2, 0.25) is 0 Å². The maximum Gasteiger partial charge on any atom is 0.228 e. The molecule has 1 aliphatic heterocycles. The molecule has 4 aromatic heterocycles. The van der Waals surface area contributed by atoms with Crippen molar-refractivity contribution >= 4 is 17.2 Å². The third-order valence-electron chi connectivity index (χ3n) is 5.69. The molecule has 0 spiro atoms. The summed E-state index contributed by atoms with van der Waals surface area (Å²) in [5, 5.41) is 14.2. The Morgan fingerprint density at radius 1 is 1.00 bits per heavy atom. The average molecular weight is 423 g/mol. The lowest BCUT2D eigenvalue weighted by Gasteiger charge is -2.35. The molecule has 0 saturated carbocycles. The van der Waals surface area contributed by atoms with Crippen molar-refractivity contribution in [1.82, 2.24) is 24.5 Å². The first-order valence-electron chi connectivity index (χ1n) is 10.5. The van der Waals surface area contributed by atoms with E-state index in [1.165, 1.54) is 0 Å². The molecule has 5 heterocycles. The third kappa shape index (κ3) is 3.76. The first-order valence-corrected chi connectivity index (χ1v) is 10.5. The number of carbonyl (C=O) groups excluding carboxylic acids is 1. The highest BCUT2D eigenvalue weighted by molar-refractivity contribution is 5.79. The van der Waals surface area contributed by atoms with E-state index in [0.29, 0.717) is 30.8 Å². The summed E-state index contributed by atoms with van der Waals surface area (Å²) < 4.78 is 1.71. The Morgan fingerprint density at radius 3 is 2.56 bits per heavy atom. The van der Waals surface area contributed by atoms with Crippen molar-refractivity contribution in [2.24, 2.45) is 0 Å². The largest absolute Gasteiger partial charge is 0.353 e. The monoisotopic (exact) mass is 423 g/mol. The molecule has 32 heavy (non-hydrogen) atoms. The number of pyridine rings is 3. The number of carbonyl (C=O) groups is 1. The lowest BCUT2D eigenvalue weighted by atomic mass is 10.1. The van der Waals surface area contributed by atoms with Crippen molar-refractivity contribution in [1.29, 1.82) is 5.26 Å². The van der Waals surface area contributed by atoms with Crippen LogP contribution in [0.4, 0.5) is 5.82 Å². The van der Waals surface area contributed by atoms with Gasteiger partial charge in [-0.15, -0.1) is 0 Å². The van der Waals surface area contributed by atoms with Crippen molar-refractivity contribution in [3.05, 3.63) is 78.4 Å². The van der Waals surface area contributed by atoms with Crippen molar-refractivity contribution in [3.63, 3.8) is 0 Å². The van der Waals surface area contributed by atoms with Crippen molar-refractivity contribution in [2.45, 2.75) is 6.42 Å². The van der Waals surface area contributed by atoms with Gasteiger partial charge in [0.2, 0.25) is 5.91 Å². The number of anilines is 1. The summed E-state index contributed by atoms with van der Waals surface area (Å²) in [5.74, 6) is 0.954. The number of amides is 1. The zero-order chi connectivity index (χ0) is 21.9. The quantitative estimate of drug-likeness (QED) is 0.501. The standard InChI is InChI=1S/C24H21N7O/c25-16-20-21-6-2-4-10-31(21)28-24(20)18-7-8-22(27-17-18)29-11-13-30(14-12-29)23(32)15-19-5-1-3-9-26-19/h1-10,17H,11-15H2. The molecule has 0 unspecified atom stereocenters. The number of nitriles is 1. The van der Waals surface area contributed by atoms with E-state index in [1.54, 1.807) is 16.9 Å². The predicted molar refractivity (Wildman–Crippen MR) is 120 cm³/mol. The highest BCUT2D eigenvalue weighted by Gasteiger charge is 2.22. The van der Waals surface area contributed by atoms with Crippen LogP contribution in [-0.2, 0) is 11.2 Å². The Balaban J connectivity index is 1.26. The summed E-state index contributed by atoms with van der Waals surface area (Å²) in [6, 6.07) is 17.4. The van der Waals surface area contributed by atoms with E-state index < -0.39 is 0 Å². The second-order valence-electron chi connectivity index (χ2n) is 7.64. The molecule has 0 atom stereocenters. The summed E-state index contributed by atoms with van der Waals surface area (Å²) in [4.78, 5) is 25.5. The topological polar surface area (TPSA) is 90.4 Å². The molecule has 8 nitrogen and oxygen atoms in total. The molecule has 4 aromatic rings. The second-order valence-corrected chi connectivity index (χ2v) is 7.64. The molecular formula is C24H21N7O. The van der Waals surface area contributed by atoms with Gasteiger partial charge in [0.25, 0.3) is 0 Å². The maximum absolute atomic E-state index is 12.6. The normalized spacial score (nSPS) is 13.8. The van der Waals surface area contributed by atoms with E-state index >= 15 is 0 Å². The van der Waals surface area contributed by atoms with E-state index in [-0.39, 0.29) is 5.91 Å². The number of hydrogen-bond donors (Lipinski definition) is 0. The van der Waals surface area contributed by atoms with Crippen molar-refractivity contribution in [2.75, 3.05) is 31.1 Å². The van der Waals surface area contributed by atoms with Gasteiger partial charge in [-0.25, -0.2) is 9.50 Å². The minimum absolute atomic E-state index is 0.0996. The van der Waals surface area contributed by atoms with Crippen LogP contribution in [0.25, 0.3) is 16.8 Å². The van der Waals surface area contributed by atoms with Crippen LogP contribution in [0.1, 0.15) is 11.3 Å². The van der Waals surface area contributed by atoms with E-state index in [9.17, 15) is 10.1 Å². The molecule has 0 aliphatic carbocycles. The molecule has 5 rings (SSSR count). The van der Waals surface area contributed by atoms with Gasteiger partial charge < -0.3 is 9.80 Å². The Bertz CT molecular complexity index is 1280. The molecule has 0 aromatic carbocycles. The van der Waals surface area contributed by atoms with Crippen LogP contribution in [0.5, 0.6) is 0 Å². The summed E-state index contributed by atoms with van der Waals surface area (Å²) >= 11 is 0. The Kier molecular flexibility index (Phi) is 5.22. The molecule has 1 amide bonds. The van der Waals surface area contributed by atoms with E-state index in [1.807, 2.05) is 59.6 Å². The fourth-order valence-corrected chi connectivity index (χ4v) is 3.98. The average Bonchev–Trinajstić information content (AvgIpc) is 3.23. The Hall–Kier alpha value is -4.25. The van der Waals surface area contributed by atoms with Gasteiger partial charge in [0.15, 0.2) is 0 Å². The zero-order valence-electron chi connectivity index (χ0n) is 17.4. The molecule has 158 valence electrons. The van der Waals surface area contributed by atoms with Crippen LogP contribution >= 0.6 is 0 Å². The van der Waals surface area contributed by atoms with Crippen LogP contribution < -0.4 is 4.90 Å². The summed E-state index contributed by atoms with van der Waals surface area (Å²) in [6.45, 7) is 2.75. The molecule has 0 bridgehead atoms. The number of piperazine rings is 1. The van der Waals surface area contributed by atoms with Gasteiger partial charge in [0.05, 0.1) is 11.9 Å². The summed E-state index contributed by atoms with van der Waals surface area (Å²) in [7, 11) is 0. The van der Waals surface area contributed by atoms with Crippen LogP contribution in [0.15, 0.2) is 67.1 Å². The SMILES string of the molecule is N#Cc1c(-c2ccc(N3CCN(C(=O)Cc4ccccn4)CC3)nc2)nn2ccccc12. The smallest absolute Gasteiger partial charge is 0.228 e. The molecule has 0 N–H and O–H groups in total. The highest BCUT2D eigenvalue weighted by atomic mass is 16.2. The van der Waals surface area contributed by atoms with Crippen LogP contribution in [-0.4, -0.2) is 56.6 Å². The first kappa shape index (κ1) is 19.7. The van der Waals surface area contributed by atoms with E-state index in [4.69, 9.17) is 0 Å². The fraction of sp³-hybridized carbons (Fsp3) is 0.208. The van der Waals surface area contributed by atoms with Gasteiger partial charge >= 0.3 is 0 Å². The molecular weight excluding hydrogens is 402 g/mol. The minimum atomic E-state index is 0.0996. The lowest BCUT2D eigenvalue weighted by Crippen LogP contribution is -2.49. The third-order valence-corrected chi connectivity index (χ3v) is 5.69. The summed E-state index contributed by atoms with van der Waals surface area (Å²) in [6.07, 6.45) is 5.63. The predicted octanol–water partition coefficient (Wildman–Crippen LogP) is 2.55. The van der Waals surface area contributed by atoms with Gasteiger partial charge in [-0.3, -0.25) is 9.78 Å². The lowest BCUT2D eigenvalue weighted by molar-refractivity contribution is -0.130. The van der Waals surface area contributed by atoms with Gasteiger partial charge in [0, 0.05) is 56.0 Å². The number of nitrogens with zero attached hydrogens (tertiary/aromatic N) is 7. The number of rotatable bonds is 4. The Morgan fingerprint density at radius 2 is 1.84 bits per heavy atom.